The van der Waals surface area contributed by atoms with Crippen molar-refractivity contribution in [3.8, 4) is 11.4 Å². The molecule has 0 unspecified atom stereocenters. The van der Waals surface area contributed by atoms with Gasteiger partial charge < -0.3 is 10.5 Å². The van der Waals surface area contributed by atoms with E-state index in [2.05, 4.69) is 15.4 Å². The minimum Gasteiger partial charge on any atom is -0.469 e. The Labute approximate surface area is 126 Å². The van der Waals surface area contributed by atoms with Crippen molar-refractivity contribution in [3.05, 3.63) is 23.8 Å². The summed E-state index contributed by atoms with van der Waals surface area (Å²) in [6.45, 7) is -2.26. The monoisotopic (exact) mass is 290 g/mol. The maximum atomic E-state index is 11.4. The number of hydrogen-bond acceptors (Lipinski definition) is 6. The molecule has 0 saturated heterocycles. The van der Waals surface area contributed by atoms with Crippen molar-refractivity contribution in [2.24, 2.45) is 5.92 Å². The molecule has 0 bridgehead atoms. The van der Waals surface area contributed by atoms with Crippen molar-refractivity contribution in [2.75, 3.05) is 12.8 Å². The van der Waals surface area contributed by atoms with Crippen LogP contribution in [-0.4, -0.2) is 33.3 Å². The van der Waals surface area contributed by atoms with Crippen molar-refractivity contribution >= 4 is 11.7 Å². The molecule has 0 aliphatic heterocycles. The van der Waals surface area contributed by atoms with Gasteiger partial charge in [0.2, 0.25) is 5.82 Å². The summed E-state index contributed by atoms with van der Waals surface area (Å²) in [6.07, 6.45) is 1.23. The fourth-order valence-corrected chi connectivity index (χ4v) is 2.33. The van der Waals surface area contributed by atoms with Gasteiger partial charge in [-0.15, -0.1) is 10.2 Å². The van der Waals surface area contributed by atoms with Gasteiger partial charge in [0.05, 0.1) is 19.1 Å². The van der Waals surface area contributed by atoms with Crippen LogP contribution in [0.3, 0.4) is 0 Å². The highest BCUT2D eigenvalue weighted by atomic mass is 16.5. The molecule has 1 saturated carbocycles. The van der Waals surface area contributed by atoms with Crippen LogP contribution in [0.4, 0.5) is 5.69 Å². The maximum Gasteiger partial charge on any atom is 0.308 e. The molecule has 110 valence electrons. The van der Waals surface area contributed by atoms with E-state index in [1.165, 1.54) is 24.0 Å². The van der Waals surface area contributed by atoms with Crippen molar-refractivity contribution in [1.82, 2.24) is 20.2 Å². The summed E-state index contributed by atoms with van der Waals surface area (Å²) in [7, 11) is 1.37. The molecule has 1 aliphatic rings. The number of hydrogen-bond donors (Lipinski definition) is 1. The van der Waals surface area contributed by atoms with E-state index >= 15 is 0 Å². The number of nitrogen functional groups attached to an aromatic ring is 1. The fraction of sp³-hybridized carbons (Fsp3) is 0.429. The van der Waals surface area contributed by atoms with Crippen LogP contribution < -0.4 is 5.73 Å². The van der Waals surface area contributed by atoms with E-state index in [0.29, 0.717) is 24.2 Å². The fourth-order valence-electron chi connectivity index (χ4n) is 2.33. The molecule has 2 aromatic rings. The first-order valence-electron chi connectivity index (χ1n) is 8.07. The average molecular weight is 290 g/mol. The Hall–Kier alpha value is -2.44. The molecule has 0 spiro atoms. The van der Waals surface area contributed by atoms with Gasteiger partial charge in [0.1, 0.15) is 0 Å². The molecule has 1 aromatic heterocycles. The summed E-state index contributed by atoms with van der Waals surface area (Å²) in [4.78, 5) is 12.9. The number of aromatic nitrogens is 4. The summed E-state index contributed by atoms with van der Waals surface area (Å²) in [6, 6.07) is 4.60. The highest BCUT2D eigenvalue weighted by Crippen LogP contribution is 2.37. The van der Waals surface area contributed by atoms with Gasteiger partial charge in [-0.25, -0.2) is 0 Å². The largest absolute Gasteiger partial charge is 0.469 e. The van der Waals surface area contributed by atoms with Gasteiger partial charge >= 0.3 is 5.97 Å². The Bertz CT molecular complexity index is 768. The lowest BCUT2D eigenvalue weighted by atomic mass is 9.81. The standard InChI is InChI=1S/C14H17N5O2/c1-8-3-4-9(7-12(8)15)13-16-18-19(17-13)11-5-10(6-11)14(20)21-2/h3-4,7,10-11H,5-6,15H2,1-2H3/i1D3. The number of carbonyl (C=O) groups is 1. The minimum atomic E-state index is -2.26. The summed E-state index contributed by atoms with van der Waals surface area (Å²) < 4.78 is 27.0. The van der Waals surface area contributed by atoms with Crippen molar-refractivity contribution < 1.29 is 13.6 Å². The first kappa shape index (κ1) is 10.3. The van der Waals surface area contributed by atoms with Gasteiger partial charge in [-0.2, -0.15) is 4.80 Å². The third-order valence-electron chi connectivity index (χ3n) is 3.71. The Morgan fingerprint density at radius 1 is 1.52 bits per heavy atom. The zero-order valence-electron chi connectivity index (χ0n) is 14.5. The van der Waals surface area contributed by atoms with Crippen LogP contribution >= 0.6 is 0 Å². The van der Waals surface area contributed by atoms with Gasteiger partial charge in [0, 0.05) is 15.4 Å². The van der Waals surface area contributed by atoms with Crippen molar-refractivity contribution in [3.63, 3.8) is 0 Å². The van der Waals surface area contributed by atoms with Crippen molar-refractivity contribution in [2.45, 2.75) is 25.7 Å². The third kappa shape index (κ3) is 2.46. The topological polar surface area (TPSA) is 95.9 Å². The predicted molar refractivity (Wildman–Crippen MR) is 76.2 cm³/mol. The van der Waals surface area contributed by atoms with E-state index in [0.717, 1.165) is 0 Å². The van der Waals surface area contributed by atoms with E-state index in [1.807, 2.05) is 0 Å². The lowest BCUT2D eigenvalue weighted by Gasteiger charge is -2.31. The maximum absolute atomic E-state index is 11.4. The minimum absolute atomic E-state index is 0.00865. The lowest BCUT2D eigenvalue weighted by Crippen LogP contribution is -2.34. The Morgan fingerprint density at radius 2 is 2.33 bits per heavy atom. The number of anilines is 1. The molecular weight excluding hydrogens is 270 g/mol. The quantitative estimate of drug-likeness (QED) is 0.677. The average Bonchev–Trinajstić information content (AvgIpc) is 2.93. The van der Waals surface area contributed by atoms with Gasteiger partial charge in [-0.05, 0) is 36.5 Å². The summed E-state index contributed by atoms with van der Waals surface area (Å²) in [5.74, 6) is 0.0172. The second kappa shape index (κ2) is 5.16. The molecule has 1 fully saturated rings. The van der Waals surface area contributed by atoms with E-state index < -0.39 is 6.85 Å². The highest BCUT2D eigenvalue weighted by Gasteiger charge is 2.37. The summed E-state index contributed by atoms with van der Waals surface area (Å²) in [5, 5.41) is 12.3. The number of tetrazole rings is 1. The van der Waals surface area contributed by atoms with E-state index in [-0.39, 0.29) is 29.2 Å². The molecule has 7 nitrogen and oxygen atoms in total. The van der Waals surface area contributed by atoms with Crippen LogP contribution in [0.15, 0.2) is 18.2 Å². The molecule has 2 N–H and O–H groups in total. The molecule has 0 amide bonds. The molecule has 21 heavy (non-hydrogen) atoms. The molecular formula is C14H17N5O2. The van der Waals surface area contributed by atoms with Crippen LogP contribution in [0.1, 0.15) is 28.6 Å². The number of rotatable bonds is 3. The summed E-state index contributed by atoms with van der Waals surface area (Å²) in [5.41, 5.74) is 6.68. The predicted octanol–water partition coefficient (Wildman–Crippen LogP) is 1.35. The Morgan fingerprint density at radius 3 is 3.00 bits per heavy atom. The van der Waals surface area contributed by atoms with Crippen LogP contribution in [-0.2, 0) is 9.53 Å². The second-order valence-corrected chi connectivity index (χ2v) is 5.08. The van der Waals surface area contributed by atoms with Crippen molar-refractivity contribution in [1.29, 1.82) is 0 Å². The van der Waals surface area contributed by atoms with E-state index in [4.69, 9.17) is 14.6 Å². The van der Waals surface area contributed by atoms with Gasteiger partial charge in [0.25, 0.3) is 0 Å². The third-order valence-corrected chi connectivity index (χ3v) is 3.71. The number of aryl methyl sites for hydroxylation is 1. The molecule has 0 atom stereocenters. The number of carbonyl (C=O) groups excluding carboxylic acids is 1. The first-order valence-corrected chi connectivity index (χ1v) is 6.57. The molecule has 3 rings (SSSR count). The lowest BCUT2D eigenvalue weighted by molar-refractivity contribution is -0.150. The zero-order chi connectivity index (χ0) is 17.5. The SMILES string of the molecule is [2H]C([2H])([2H])c1ccc(-c2nnn(C3CC(C(=O)OC)C3)n2)cc1N. The van der Waals surface area contributed by atoms with Gasteiger partial charge in [-0.1, -0.05) is 12.1 Å². The second-order valence-electron chi connectivity index (χ2n) is 5.08. The molecule has 7 heteroatoms. The zero-order valence-corrected chi connectivity index (χ0v) is 11.5. The van der Waals surface area contributed by atoms with Gasteiger partial charge in [0.15, 0.2) is 0 Å². The number of esters is 1. The number of nitrogens with two attached hydrogens (primary N) is 1. The van der Waals surface area contributed by atoms with Crippen LogP contribution in [0, 0.1) is 12.8 Å². The molecule has 1 aliphatic carbocycles. The first-order chi connectivity index (χ1) is 11.3. The van der Waals surface area contributed by atoms with Gasteiger partial charge in [-0.3, -0.25) is 4.79 Å². The molecule has 0 radical (unpaired) electrons. The smallest absolute Gasteiger partial charge is 0.308 e. The molecule has 1 heterocycles. The Kier molecular flexibility index (Phi) is 2.53. The normalized spacial score (nSPS) is 23.6. The van der Waals surface area contributed by atoms with Crippen LogP contribution in [0.25, 0.3) is 11.4 Å². The van der Waals surface area contributed by atoms with E-state index in [1.54, 1.807) is 6.07 Å². The number of ether oxygens (including phenoxy) is 1. The number of nitrogens with zero attached hydrogens (tertiary/aromatic N) is 4. The highest BCUT2D eigenvalue weighted by molar-refractivity contribution is 5.73. The number of benzene rings is 1. The Balaban J connectivity index is 1.75. The van der Waals surface area contributed by atoms with Crippen LogP contribution in [0.5, 0.6) is 0 Å². The van der Waals surface area contributed by atoms with E-state index in [9.17, 15) is 4.79 Å². The molecule has 1 aromatic carbocycles. The number of methoxy groups -OCH3 is 1. The van der Waals surface area contributed by atoms with Crippen LogP contribution in [0.2, 0.25) is 0 Å². The summed E-state index contributed by atoms with van der Waals surface area (Å²) >= 11 is 0.